The van der Waals surface area contributed by atoms with Gasteiger partial charge in [0.25, 0.3) is 5.89 Å². The molecule has 0 unspecified atom stereocenters. The van der Waals surface area contributed by atoms with E-state index in [1.165, 1.54) is 0 Å². The Bertz CT molecular complexity index is 1400. The molecule has 11 nitrogen and oxygen atoms in total. The molecule has 2 aliphatic heterocycles. The Morgan fingerprint density at radius 1 is 1.07 bits per heavy atom. The summed E-state index contributed by atoms with van der Waals surface area (Å²) in [7, 11) is 2.11. The lowest BCUT2D eigenvalue weighted by Gasteiger charge is -2.27. The Labute approximate surface area is 253 Å². The van der Waals surface area contributed by atoms with Gasteiger partial charge in [-0.15, -0.1) is 0 Å². The summed E-state index contributed by atoms with van der Waals surface area (Å²) in [4.78, 5) is 30.8. The van der Waals surface area contributed by atoms with E-state index in [1.807, 2.05) is 71.9 Å². The molecule has 0 saturated carbocycles. The van der Waals surface area contributed by atoms with Crippen molar-refractivity contribution in [3.63, 3.8) is 0 Å². The summed E-state index contributed by atoms with van der Waals surface area (Å²) in [5.41, 5.74) is -0.0156. The molecule has 0 bridgehead atoms. The second kappa shape index (κ2) is 12.1. The maximum atomic E-state index is 12.8. The van der Waals surface area contributed by atoms with Gasteiger partial charge in [0.1, 0.15) is 17.8 Å². The van der Waals surface area contributed by atoms with Crippen LogP contribution in [0.4, 0.5) is 4.79 Å². The predicted octanol–water partition coefficient (Wildman–Crippen LogP) is 5.49. The monoisotopic (exact) mass is 592 g/mol. The van der Waals surface area contributed by atoms with Gasteiger partial charge < -0.3 is 23.6 Å². The Kier molecular flexibility index (Phi) is 8.65. The highest BCUT2D eigenvalue weighted by molar-refractivity contribution is 5.69. The maximum absolute atomic E-state index is 12.8. The van der Waals surface area contributed by atoms with Gasteiger partial charge in [-0.3, -0.25) is 4.90 Å². The van der Waals surface area contributed by atoms with Gasteiger partial charge in [-0.05, 0) is 80.5 Å². The SMILES string of the molecule is C[C@H](Oc1cc(O[C@@H]2C[C@H](C)N(C(=O)OC(C)(C)C)C2)nc(-c2nc(C(C)(C)c3ccccc3)no2)n1)[C@@H]1CCCN1C. The quantitative estimate of drug-likeness (QED) is 0.332. The molecule has 3 aromatic rings. The normalized spacial score (nSPS) is 22.0. The van der Waals surface area contributed by atoms with Crippen LogP contribution in [0.5, 0.6) is 11.8 Å². The minimum absolute atomic E-state index is 0.0477. The Morgan fingerprint density at radius 2 is 1.79 bits per heavy atom. The number of aromatic nitrogens is 4. The van der Waals surface area contributed by atoms with Crippen LogP contribution in [0, 0.1) is 0 Å². The van der Waals surface area contributed by atoms with Gasteiger partial charge in [0.2, 0.25) is 17.6 Å². The van der Waals surface area contributed by atoms with Crippen molar-refractivity contribution in [2.75, 3.05) is 20.1 Å². The molecule has 232 valence electrons. The third-order valence-corrected chi connectivity index (χ3v) is 8.23. The highest BCUT2D eigenvalue weighted by atomic mass is 16.6. The topological polar surface area (TPSA) is 116 Å². The van der Waals surface area contributed by atoms with Gasteiger partial charge in [0, 0.05) is 18.5 Å². The molecule has 43 heavy (non-hydrogen) atoms. The number of rotatable bonds is 8. The van der Waals surface area contributed by atoms with E-state index in [0.717, 1.165) is 24.9 Å². The molecule has 0 radical (unpaired) electrons. The van der Waals surface area contributed by atoms with Crippen LogP contribution in [-0.2, 0) is 10.2 Å². The first-order chi connectivity index (χ1) is 20.3. The largest absolute Gasteiger partial charge is 0.473 e. The van der Waals surface area contributed by atoms with Crippen molar-refractivity contribution in [2.45, 2.75) is 103 Å². The Balaban J connectivity index is 1.41. The maximum Gasteiger partial charge on any atom is 0.410 e. The number of carbonyl (C=O) groups excluding carboxylic acids is 1. The summed E-state index contributed by atoms with van der Waals surface area (Å²) in [5, 5.41) is 4.29. The van der Waals surface area contributed by atoms with E-state index in [9.17, 15) is 4.79 Å². The zero-order chi connectivity index (χ0) is 30.9. The van der Waals surface area contributed by atoms with Crippen molar-refractivity contribution in [3.05, 3.63) is 47.8 Å². The van der Waals surface area contributed by atoms with Crippen molar-refractivity contribution >= 4 is 6.09 Å². The van der Waals surface area contributed by atoms with Crippen LogP contribution in [0.15, 0.2) is 40.9 Å². The number of hydrogen-bond donors (Lipinski definition) is 0. The van der Waals surface area contributed by atoms with E-state index >= 15 is 0 Å². The van der Waals surface area contributed by atoms with Gasteiger partial charge in [-0.2, -0.15) is 15.0 Å². The van der Waals surface area contributed by atoms with E-state index in [2.05, 4.69) is 34.0 Å². The molecule has 1 aromatic carbocycles. The number of benzene rings is 1. The molecule has 2 fully saturated rings. The third kappa shape index (κ3) is 7.09. The van der Waals surface area contributed by atoms with Crippen molar-refractivity contribution in [1.29, 1.82) is 0 Å². The van der Waals surface area contributed by atoms with Crippen molar-refractivity contribution in [1.82, 2.24) is 29.9 Å². The fraction of sp³-hybridized carbons (Fsp3) is 0.594. The number of hydrogen-bond acceptors (Lipinski definition) is 10. The zero-order valence-electron chi connectivity index (χ0n) is 26.5. The van der Waals surface area contributed by atoms with Gasteiger partial charge in [-0.25, -0.2) is 4.79 Å². The minimum atomic E-state index is -0.578. The number of nitrogens with zero attached hydrogens (tertiary/aromatic N) is 6. The van der Waals surface area contributed by atoms with Gasteiger partial charge >= 0.3 is 6.09 Å². The first-order valence-electron chi connectivity index (χ1n) is 15.1. The molecule has 4 atom stereocenters. The summed E-state index contributed by atoms with van der Waals surface area (Å²) in [5.74, 6) is 1.60. The van der Waals surface area contributed by atoms with Crippen molar-refractivity contribution < 1.29 is 23.5 Å². The van der Waals surface area contributed by atoms with Gasteiger partial charge in [0.15, 0.2) is 5.82 Å². The molecule has 0 aliphatic carbocycles. The number of carbonyl (C=O) groups is 1. The van der Waals surface area contributed by atoms with Crippen molar-refractivity contribution in [3.8, 4) is 23.5 Å². The summed E-state index contributed by atoms with van der Waals surface area (Å²) >= 11 is 0. The molecular weight excluding hydrogens is 548 g/mol. The van der Waals surface area contributed by atoms with E-state index in [0.29, 0.717) is 30.5 Å². The van der Waals surface area contributed by atoms with Crippen LogP contribution in [0.25, 0.3) is 11.7 Å². The standard InChI is InChI=1S/C32H44N6O5/c1-20-17-23(19-38(20)30(39)42-31(3,4)5)41-26-18-25(40-21(2)24-15-12-16-37(24)8)33-27(34-26)28-35-29(36-43-28)32(6,7)22-13-10-9-11-14-22/h9-11,13-14,18,20-21,23-24H,12,15-17,19H2,1-8H3/t20-,21-,23+,24-/m0/s1. The average Bonchev–Trinajstić information content (AvgIpc) is 3.68. The second-order valence-electron chi connectivity index (χ2n) is 13.3. The fourth-order valence-corrected chi connectivity index (χ4v) is 5.78. The Morgan fingerprint density at radius 3 is 2.47 bits per heavy atom. The summed E-state index contributed by atoms with van der Waals surface area (Å²) in [6.45, 7) is 15.1. The smallest absolute Gasteiger partial charge is 0.410 e. The summed E-state index contributed by atoms with van der Waals surface area (Å²) in [6.07, 6.45) is 2.08. The number of likely N-dealkylation sites (tertiary alicyclic amines) is 2. The highest BCUT2D eigenvalue weighted by Crippen LogP contribution is 2.32. The fourth-order valence-electron chi connectivity index (χ4n) is 5.78. The van der Waals surface area contributed by atoms with E-state index in [4.69, 9.17) is 23.7 Å². The molecule has 2 saturated heterocycles. The summed E-state index contributed by atoms with van der Waals surface area (Å²) in [6, 6.07) is 12.0. The summed E-state index contributed by atoms with van der Waals surface area (Å²) < 4.78 is 24.0. The Hall–Kier alpha value is -3.73. The molecule has 11 heteroatoms. The van der Waals surface area contributed by atoms with Gasteiger partial charge in [-0.1, -0.05) is 35.5 Å². The first-order valence-corrected chi connectivity index (χ1v) is 15.1. The number of amides is 1. The lowest BCUT2D eigenvalue weighted by Crippen LogP contribution is -2.39. The molecule has 4 heterocycles. The van der Waals surface area contributed by atoms with Crippen molar-refractivity contribution in [2.24, 2.45) is 0 Å². The van der Waals surface area contributed by atoms with Crippen LogP contribution < -0.4 is 9.47 Å². The second-order valence-corrected chi connectivity index (χ2v) is 13.3. The highest BCUT2D eigenvalue weighted by Gasteiger charge is 2.37. The minimum Gasteiger partial charge on any atom is -0.473 e. The van der Waals surface area contributed by atoms with Crippen LogP contribution in [0.1, 0.15) is 79.1 Å². The predicted molar refractivity (Wildman–Crippen MR) is 161 cm³/mol. The lowest BCUT2D eigenvalue weighted by atomic mass is 9.84. The third-order valence-electron chi connectivity index (χ3n) is 8.23. The van der Waals surface area contributed by atoms with E-state index < -0.39 is 11.0 Å². The molecule has 0 N–H and O–H groups in total. The van der Waals surface area contributed by atoms with Gasteiger partial charge in [0.05, 0.1) is 18.0 Å². The van der Waals surface area contributed by atoms with Crippen LogP contribution in [0.3, 0.4) is 0 Å². The molecule has 0 spiro atoms. The van der Waals surface area contributed by atoms with E-state index in [1.54, 1.807) is 11.0 Å². The van der Waals surface area contributed by atoms with Crippen LogP contribution in [-0.4, -0.2) is 86.0 Å². The zero-order valence-corrected chi connectivity index (χ0v) is 26.5. The number of ether oxygens (including phenoxy) is 3. The first kappa shape index (κ1) is 30.7. The van der Waals surface area contributed by atoms with E-state index in [-0.39, 0.29) is 42.1 Å². The lowest BCUT2D eigenvalue weighted by molar-refractivity contribution is 0.0223. The molecule has 2 aromatic heterocycles. The molecule has 1 amide bonds. The van der Waals surface area contributed by atoms with Crippen LogP contribution >= 0.6 is 0 Å². The van der Waals surface area contributed by atoms with Crippen LogP contribution in [0.2, 0.25) is 0 Å². The average molecular weight is 593 g/mol. The molecule has 2 aliphatic rings. The molecular formula is C32H44N6O5. The molecule has 5 rings (SSSR count). The number of likely N-dealkylation sites (N-methyl/N-ethyl adjacent to an activating group) is 1.